The largest absolute Gasteiger partial charge is 0.495 e. The molecular formula is C11H11NO2. The number of fused-ring (bicyclic) bond motifs is 1. The van der Waals surface area contributed by atoms with Crippen LogP contribution in [0.3, 0.4) is 0 Å². The molecule has 3 nitrogen and oxygen atoms in total. The second-order valence-corrected chi connectivity index (χ2v) is 2.98. The highest BCUT2D eigenvalue weighted by Crippen LogP contribution is 2.25. The van der Waals surface area contributed by atoms with E-state index >= 15 is 0 Å². The molecule has 0 spiro atoms. The molecule has 0 aliphatic heterocycles. The lowest BCUT2D eigenvalue weighted by molar-refractivity contribution is 0.275. The first kappa shape index (κ1) is 8.97. The molecule has 0 bridgehead atoms. The van der Waals surface area contributed by atoms with E-state index in [-0.39, 0.29) is 6.61 Å². The van der Waals surface area contributed by atoms with Gasteiger partial charge in [-0.3, -0.25) is 4.98 Å². The van der Waals surface area contributed by atoms with Crippen molar-refractivity contribution in [1.29, 1.82) is 0 Å². The lowest BCUT2D eigenvalue weighted by Gasteiger charge is -2.08. The average molecular weight is 189 g/mol. The summed E-state index contributed by atoms with van der Waals surface area (Å²) < 4.78 is 5.12. The van der Waals surface area contributed by atoms with Crippen molar-refractivity contribution in [1.82, 2.24) is 4.98 Å². The number of hydrogen-bond donors (Lipinski definition) is 1. The van der Waals surface area contributed by atoms with E-state index in [9.17, 15) is 5.11 Å². The van der Waals surface area contributed by atoms with Gasteiger partial charge in [-0.15, -0.1) is 0 Å². The monoisotopic (exact) mass is 189 g/mol. The van der Waals surface area contributed by atoms with E-state index in [0.29, 0.717) is 5.75 Å². The maximum atomic E-state index is 9.24. The molecule has 0 saturated heterocycles. The van der Waals surface area contributed by atoms with E-state index in [1.165, 1.54) is 0 Å². The minimum Gasteiger partial charge on any atom is -0.495 e. The SMILES string of the molecule is COc1cnc2ccccc2c1CO. The Morgan fingerprint density at radius 1 is 1.36 bits per heavy atom. The molecule has 14 heavy (non-hydrogen) atoms. The molecule has 0 unspecified atom stereocenters. The highest BCUT2D eigenvalue weighted by Gasteiger charge is 2.06. The van der Waals surface area contributed by atoms with E-state index in [2.05, 4.69) is 4.98 Å². The maximum absolute atomic E-state index is 9.24. The van der Waals surface area contributed by atoms with Gasteiger partial charge in [0.2, 0.25) is 0 Å². The van der Waals surface area contributed by atoms with Gasteiger partial charge in [-0.1, -0.05) is 18.2 Å². The second kappa shape index (κ2) is 3.64. The molecule has 2 aromatic rings. The molecule has 0 fully saturated rings. The van der Waals surface area contributed by atoms with Crippen molar-refractivity contribution in [2.75, 3.05) is 7.11 Å². The van der Waals surface area contributed by atoms with Gasteiger partial charge in [0.05, 0.1) is 25.4 Å². The van der Waals surface area contributed by atoms with Gasteiger partial charge in [0, 0.05) is 10.9 Å². The van der Waals surface area contributed by atoms with Crippen LogP contribution in [0.4, 0.5) is 0 Å². The van der Waals surface area contributed by atoms with E-state index < -0.39 is 0 Å². The fourth-order valence-electron chi connectivity index (χ4n) is 1.52. The number of aliphatic hydroxyl groups is 1. The number of aliphatic hydroxyl groups excluding tert-OH is 1. The molecule has 0 aliphatic carbocycles. The van der Waals surface area contributed by atoms with Crippen molar-refractivity contribution in [3.05, 3.63) is 36.0 Å². The van der Waals surface area contributed by atoms with Gasteiger partial charge in [-0.2, -0.15) is 0 Å². The summed E-state index contributed by atoms with van der Waals surface area (Å²) in [6.07, 6.45) is 1.63. The number of hydrogen-bond acceptors (Lipinski definition) is 3. The Morgan fingerprint density at radius 2 is 2.14 bits per heavy atom. The Bertz CT molecular complexity index is 454. The zero-order chi connectivity index (χ0) is 9.97. The molecule has 0 saturated carbocycles. The third-order valence-corrected chi connectivity index (χ3v) is 2.23. The van der Waals surface area contributed by atoms with Crippen LogP contribution in [0.2, 0.25) is 0 Å². The zero-order valence-corrected chi connectivity index (χ0v) is 7.90. The maximum Gasteiger partial charge on any atom is 0.143 e. The van der Waals surface area contributed by atoms with Gasteiger partial charge in [-0.25, -0.2) is 0 Å². The van der Waals surface area contributed by atoms with Gasteiger partial charge >= 0.3 is 0 Å². The molecule has 0 atom stereocenters. The molecule has 72 valence electrons. The van der Waals surface area contributed by atoms with Crippen LogP contribution in [-0.4, -0.2) is 17.2 Å². The van der Waals surface area contributed by atoms with Crippen LogP contribution in [0, 0.1) is 0 Å². The number of benzene rings is 1. The van der Waals surface area contributed by atoms with Crippen LogP contribution < -0.4 is 4.74 Å². The van der Waals surface area contributed by atoms with Crippen LogP contribution in [0.25, 0.3) is 10.9 Å². The van der Waals surface area contributed by atoms with E-state index in [1.54, 1.807) is 13.3 Å². The molecular weight excluding hydrogens is 178 g/mol. The summed E-state index contributed by atoms with van der Waals surface area (Å²) in [5, 5.41) is 10.2. The number of ether oxygens (including phenoxy) is 1. The first-order valence-electron chi connectivity index (χ1n) is 4.38. The van der Waals surface area contributed by atoms with E-state index in [4.69, 9.17) is 4.74 Å². The summed E-state index contributed by atoms with van der Waals surface area (Å²) >= 11 is 0. The van der Waals surface area contributed by atoms with Crippen LogP contribution in [0.15, 0.2) is 30.5 Å². The molecule has 0 radical (unpaired) electrons. The van der Waals surface area contributed by atoms with Gasteiger partial charge < -0.3 is 9.84 Å². The van der Waals surface area contributed by atoms with Gasteiger partial charge in [0.15, 0.2) is 0 Å². The molecule has 2 rings (SSSR count). The molecule has 1 aromatic heterocycles. The van der Waals surface area contributed by atoms with Crippen LogP contribution in [0.5, 0.6) is 5.75 Å². The number of aromatic nitrogens is 1. The van der Waals surface area contributed by atoms with Gasteiger partial charge in [0.1, 0.15) is 5.75 Å². The predicted molar refractivity (Wildman–Crippen MR) is 54.2 cm³/mol. The highest BCUT2D eigenvalue weighted by molar-refractivity contribution is 5.83. The highest BCUT2D eigenvalue weighted by atomic mass is 16.5. The normalized spacial score (nSPS) is 10.4. The molecule has 1 N–H and O–H groups in total. The minimum atomic E-state index is -0.0355. The summed E-state index contributed by atoms with van der Waals surface area (Å²) in [5.41, 5.74) is 1.66. The van der Waals surface area contributed by atoms with E-state index in [0.717, 1.165) is 16.5 Å². The fourth-order valence-corrected chi connectivity index (χ4v) is 1.52. The van der Waals surface area contributed by atoms with Crippen LogP contribution >= 0.6 is 0 Å². The molecule has 1 heterocycles. The first-order chi connectivity index (χ1) is 6.86. The zero-order valence-electron chi connectivity index (χ0n) is 7.90. The summed E-state index contributed by atoms with van der Waals surface area (Å²) in [7, 11) is 1.57. The van der Waals surface area contributed by atoms with Gasteiger partial charge in [0.25, 0.3) is 0 Å². The van der Waals surface area contributed by atoms with Crippen molar-refractivity contribution in [2.24, 2.45) is 0 Å². The number of rotatable bonds is 2. The molecule has 1 aromatic carbocycles. The quantitative estimate of drug-likeness (QED) is 0.782. The van der Waals surface area contributed by atoms with Crippen molar-refractivity contribution in [3.8, 4) is 5.75 Å². The smallest absolute Gasteiger partial charge is 0.143 e. The summed E-state index contributed by atoms with van der Waals surface area (Å²) in [6, 6.07) is 7.68. The Labute approximate surface area is 82.0 Å². The number of methoxy groups -OCH3 is 1. The van der Waals surface area contributed by atoms with E-state index in [1.807, 2.05) is 24.3 Å². The number of para-hydroxylation sites is 1. The summed E-state index contributed by atoms with van der Waals surface area (Å²) in [5.74, 6) is 0.631. The number of pyridine rings is 1. The molecule has 3 heteroatoms. The van der Waals surface area contributed by atoms with Crippen LogP contribution in [0.1, 0.15) is 5.56 Å². The Kier molecular flexibility index (Phi) is 2.33. The minimum absolute atomic E-state index is 0.0355. The topological polar surface area (TPSA) is 42.4 Å². The lowest BCUT2D eigenvalue weighted by Crippen LogP contribution is -1.94. The molecule has 0 aliphatic rings. The van der Waals surface area contributed by atoms with Crippen molar-refractivity contribution < 1.29 is 9.84 Å². The standard InChI is InChI=1S/C11H11NO2/c1-14-11-6-12-10-5-3-2-4-8(10)9(11)7-13/h2-6,13H,7H2,1H3. The van der Waals surface area contributed by atoms with Crippen molar-refractivity contribution in [2.45, 2.75) is 6.61 Å². The Hall–Kier alpha value is -1.61. The third kappa shape index (κ3) is 1.32. The Balaban J connectivity index is 2.77. The fraction of sp³-hybridized carbons (Fsp3) is 0.182. The summed E-state index contributed by atoms with van der Waals surface area (Å²) in [6.45, 7) is -0.0355. The van der Waals surface area contributed by atoms with Crippen molar-refractivity contribution in [3.63, 3.8) is 0 Å². The van der Waals surface area contributed by atoms with Gasteiger partial charge in [-0.05, 0) is 6.07 Å². The van der Waals surface area contributed by atoms with Crippen molar-refractivity contribution >= 4 is 10.9 Å². The third-order valence-electron chi connectivity index (χ3n) is 2.23. The number of nitrogens with zero attached hydrogens (tertiary/aromatic N) is 1. The lowest BCUT2D eigenvalue weighted by atomic mass is 10.1. The first-order valence-corrected chi connectivity index (χ1v) is 4.38. The average Bonchev–Trinajstić information content (AvgIpc) is 2.27. The second-order valence-electron chi connectivity index (χ2n) is 2.98. The summed E-state index contributed by atoms with van der Waals surface area (Å²) in [4.78, 5) is 4.22. The Morgan fingerprint density at radius 3 is 2.86 bits per heavy atom. The van der Waals surface area contributed by atoms with Crippen LogP contribution in [-0.2, 0) is 6.61 Å². The predicted octanol–water partition coefficient (Wildman–Crippen LogP) is 1.74. The molecule has 0 amide bonds.